The average molecular weight is 243 g/mol. The van der Waals surface area contributed by atoms with Crippen molar-refractivity contribution in [3.63, 3.8) is 0 Å². The third-order valence-electron chi connectivity index (χ3n) is 2.01. The van der Waals surface area contributed by atoms with Crippen molar-refractivity contribution in [3.05, 3.63) is 10.0 Å². The predicted molar refractivity (Wildman–Crippen MR) is 62.2 cm³/mol. The van der Waals surface area contributed by atoms with Crippen molar-refractivity contribution >= 4 is 17.2 Å². The van der Waals surface area contributed by atoms with Crippen LogP contribution in [0.2, 0.25) is 0 Å². The van der Waals surface area contributed by atoms with Crippen molar-refractivity contribution in [2.45, 2.75) is 39.8 Å². The Labute approximate surface area is 99.2 Å². The lowest BCUT2D eigenvalue weighted by Gasteiger charge is -2.10. The van der Waals surface area contributed by atoms with Gasteiger partial charge in [0.1, 0.15) is 16.1 Å². The van der Waals surface area contributed by atoms with E-state index < -0.39 is 6.10 Å². The van der Waals surface area contributed by atoms with Gasteiger partial charge in [0.15, 0.2) is 0 Å². The third-order valence-corrected chi connectivity index (χ3v) is 3.08. The number of carbonyl (C=O) groups is 1. The lowest BCUT2D eigenvalue weighted by molar-refractivity contribution is -0.131. The molecule has 0 bridgehead atoms. The van der Waals surface area contributed by atoms with E-state index in [4.69, 9.17) is 4.74 Å². The lowest BCUT2D eigenvalue weighted by atomic mass is 10.4. The second kappa shape index (κ2) is 6.55. The molecule has 0 aliphatic carbocycles. The fourth-order valence-corrected chi connectivity index (χ4v) is 1.86. The molecule has 0 fully saturated rings. The monoisotopic (exact) mass is 243 g/mol. The van der Waals surface area contributed by atoms with Gasteiger partial charge in [0.05, 0.1) is 6.54 Å². The van der Waals surface area contributed by atoms with Crippen LogP contribution < -0.4 is 5.32 Å². The second-order valence-electron chi connectivity index (χ2n) is 3.26. The van der Waals surface area contributed by atoms with Crippen LogP contribution in [0.3, 0.4) is 0 Å². The SMILES string of the molecule is CCOC(C)C(=O)NCc1nnc(CC)s1. The van der Waals surface area contributed by atoms with Gasteiger partial charge in [-0.05, 0) is 20.3 Å². The molecule has 0 spiro atoms. The van der Waals surface area contributed by atoms with Gasteiger partial charge < -0.3 is 10.1 Å². The van der Waals surface area contributed by atoms with Gasteiger partial charge in [0.25, 0.3) is 0 Å². The maximum Gasteiger partial charge on any atom is 0.249 e. The van der Waals surface area contributed by atoms with Gasteiger partial charge in [-0.1, -0.05) is 18.3 Å². The second-order valence-corrected chi connectivity index (χ2v) is 4.41. The van der Waals surface area contributed by atoms with E-state index >= 15 is 0 Å². The molecule has 1 atom stereocenters. The number of carbonyl (C=O) groups excluding carboxylic acids is 1. The van der Waals surface area contributed by atoms with Crippen molar-refractivity contribution in [3.8, 4) is 0 Å². The first kappa shape index (κ1) is 13.1. The Balaban J connectivity index is 2.36. The summed E-state index contributed by atoms with van der Waals surface area (Å²) < 4.78 is 5.17. The molecule has 0 aliphatic heterocycles. The molecule has 0 aromatic carbocycles. The maximum atomic E-state index is 11.5. The zero-order valence-electron chi connectivity index (χ0n) is 9.82. The van der Waals surface area contributed by atoms with E-state index in [-0.39, 0.29) is 5.91 Å². The number of rotatable bonds is 6. The minimum Gasteiger partial charge on any atom is -0.369 e. The molecule has 1 N–H and O–H groups in total. The summed E-state index contributed by atoms with van der Waals surface area (Å²) >= 11 is 1.52. The number of aromatic nitrogens is 2. The largest absolute Gasteiger partial charge is 0.369 e. The standard InChI is InChI=1S/C10H17N3O2S/c1-4-8-12-13-9(16-8)6-11-10(14)7(3)15-5-2/h7H,4-6H2,1-3H3,(H,11,14). The van der Waals surface area contributed by atoms with E-state index in [1.807, 2.05) is 13.8 Å². The first-order chi connectivity index (χ1) is 7.67. The summed E-state index contributed by atoms with van der Waals surface area (Å²) in [5.74, 6) is -0.116. The van der Waals surface area contributed by atoms with Crippen LogP contribution in [0.1, 0.15) is 30.8 Å². The van der Waals surface area contributed by atoms with Gasteiger partial charge in [-0.15, -0.1) is 10.2 Å². The van der Waals surface area contributed by atoms with Crippen LogP contribution in [-0.4, -0.2) is 28.8 Å². The average Bonchev–Trinajstić information content (AvgIpc) is 2.74. The topological polar surface area (TPSA) is 64.1 Å². The van der Waals surface area contributed by atoms with Gasteiger partial charge >= 0.3 is 0 Å². The Morgan fingerprint density at radius 1 is 1.44 bits per heavy atom. The Kier molecular flexibility index (Phi) is 5.34. The van der Waals surface area contributed by atoms with E-state index in [9.17, 15) is 4.79 Å². The van der Waals surface area contributed by atoms with Crippen LogP contribution in [-0.2, 0) is 22.5 Å². The number of ether oxygens (including phenoxy) is 1. The molecule has 1 aromatic rings. The molecular formula is C10H17N3O2S. The molecule has 1 heterocycles. The molecule has 1 rings (SSSR count). The predicted octanol–water partition coefficient (Wildman–Crippen LogP) is 1.14. The molecule has 0 saturated heterocycles. The van der Waals surface area contributed by atoms with Crippen LogP contribution in [0, 0.1) is 0 Å². The van der Waals surface area contributed by atoms with Crippen molar-refractivity contribution in [2.24, 2.45) is 0 Å². The van der Waals surface area contributed by atoms with Crippen LogP contribution in [0.4, 0.5) is 0 Å². The Morgan fingerprint density at radius 2 is 2.12 bits per heavy atom. The number of nitrogens with one attached hydrogen (secondary N) is 1. The Bertz CT molecular complexity index is 341. The van der Waals surface area contributed by atoms with Crippen molar-refractivity contribution in [2.75, 3.05) is 6.61 Å². The number of hydrogen-bond donors (Lipinski definition) is 1. The van der Waals surface area contributed by atoms with Gasteiger partial charge in [-0.25, -0.2) is 0 Å². The highest BCUT2D eigenvalue weighted by molar-refractivity contribution is 7.11. The van der Waals surface area contributed by atoms with Crippen molar-refractivity contribution in [1.29, 1.82) is 0 Å². The number of hydrogen-bond acceptors (Lipinski definition) is 5. The van der Waals surface area contributed by atoms with Gasteiger partial charge in [-0.2, -0.15) is 0 Å². The highest BCUT2D eigenvalue weighted by Crippen LogP contribution is 2.09. The smallest absolute Gasteiger partial charge is 0.249 e. The van der Waals surface area contributed by atoms with Crippen molar-refractivity contribution in [1.82, 2.24) is 15.5 Å². The van der Waals surface area contributed by atoms with Crippen LogP contribution in [0.15, 0.2) is 0 Å². The minimum absolute atomic E-state index is 0.116. The molecule has 6 heteroatoms. The molecule has 1 aromatic heterocycles. The molecule has 0 aliphatic rings. The zero-order valence-corrected chi connectivity index (χ0v) is 10.6. The van der Waals surface area contributed by atoms with Gasteiger partial charge in [-0.3, -0.25) is 4.79 Å². The van der Waals surface area contributed by atoms with E-state index in [0.717, 1.165) is 16.4 Å². The number of nitrogens with zero attached hydrogens (tertiary/aromatic N) is 2. The van der Waals surface area contributed by atoms with Gasteiger partial charge in [0, 0.05) is 6.61 Å². The number of amides is 1. The summed E-state index contributed by atoms with van der Waals surface area (Å²) in [6.45, 7) is 6.58. The highest BCUT2D eigenvalue weighted by Gasteiger charge is 2.12. The fraction of sp³-hybridized carbons (Fsp3) is 0.700. The third kappa shape index (κ3) is 3.86. The maximum absolute atomic E-state index is 11.5. The summed E-state index contributed by atoms with van der Waals surface area (Å²) in [5, 5.41) is 12.5. The van der Waals surface area contributed by atoms with Gasteiger partial charge in [0.2, 0.25) is 5.91 Å². The summed E-state index contributed by atoms with van der Waals surface area (Å²) in [7, 11) is 0. The summed E-state index contributed by atoms with van der Waals surface area (Å²) in [5.41, 5.74) is 0. The molecule has 1 unspecified atom stereocenters. The minimum atomic E-state index is -0.413. The van der Waals surface area contributed by atoms with E-state index in [0.29, 0.717) is 13.2 Å². The fourth-order valence-electron chi connectivity index (χ4n) is 1.13. The Morgan fingerprint density at radius 3 is 2.69 bits per heavy atom. The van der Waals surface area contributed by atoms with Crippen LogP contribution in [0.25, 0.3) is 0 Å². The molecule has 5 nitrogen and oxygen atoms in total. The summed E-state index contributed by atoms with van der Waals surface area (Å²) in [6, 6.07) is 0. The van der Waals surface area contributed by atoms with E-state index in [1.54, 1.807) is 6.92 Å². The molecule has 90 valence electrons. The summed E-state index contributed by atoms with van der Waals surface area (Å²) in [4.78, 5) is 11.5. The zero-order chi connectivity index (χ0) is 12.0. The molecule has 0 saturated carbocycles. The number of aryl methyl sites for hydroxylation is 1. The highest BCUT2D eigenvalue weighted by atomic mass is 32.1. The van der Waals surface area contributed by atoms with E-state index in [2.05, 4.69) is 15.5 Å². The van der Waals surface area contributed by atoms with Crippen molar-refractivity contribution < 1.29 is 9.53 Å². The first-order valence-electron chi connectivity index (χ1n) is 5.37. The first-order valence-corrected chi connectivity index (χ1v) is 6.19. The van der Waals surface area contributed by atoms with Crippen LogP contribution in [0.5, 0.6) is 0 Å². The normalized spacial score (nSPS) is 12.4. The van der Waals surface area contributed by atoms with Crippen LogP contribution >= 0.6 is 11.3 Å². The van der Waals surface area contributed by atoms with E-state index in [1.165, 1.54) is 11.3 Å². The lowest BCUT2D eigenvalue weighted by Crippen LogP contribution is -2.34. The molecule has 0 radical (unpaired) electrons. The Hall–Kier alpha value is -1.01. The molecule has 16 heavy (non-hydrogen) atoms. The molecular weight excluding hydrogens is 226 g/mol. The quantitative estimate of drug-likeness (QED) is 0.814. The summed E-state index contributed by atoms with van der Waals surface area (Å²) in [6.07, 6.45) is 0.463. The molecule has 1 amide bonds.